The Morgan fingerprint density at radius 2 is 1.21 bits per heavy atom. The Kier molecular flexibility index (Phi) is 8.14. The molecule has 3 aromatic carbocycles. The third-order valence-electron chi connectivity index (χ3n) is 5.96. The van der Waals surface area contributed by atoms with Crippen LogP contribution in [0.25, 0.3) is 0 Å². The fraction of sp³-hybridized carbons (Fsp3) is 0.250. The van der Waals surface area contributed by atoms with Crippen LogP contribution in [-0.2, 0) is 19.8 Å². The number of carboxylic acids is 1. The van der Waals surface area contributed by atoms with Gasteiger partial charge in [0, 0.05) is 19.3 Å². The molecule has 33 heavy (non-hydrogen) atoms. The molecule has 5 nitrogen and oxygen atoms in total. The molecular formula is C28H29NO4. The van der Waals surface area contributed by atoms with Gasteiger partial charge in [-0.05, 0) is 23.1 Å². The molecule has 0 saturated heterocycles. The van der Waals surface area contributed by atoms with Crippen LogP contribution in [0, 0.1) is 0 Å². The number of carboxylic acid groups (broad SMARTS) is 1. The summed E-state index contributed by atoms with van der Waals surface area (Å²) in [4.78, 5) is 36.8. The van der Waals surface area contributed by atoms with Crippen LogP contribution in [-0.4, -0.2) is 28.8 Å². The van der Waals surface area contributed by atoms with Crippen molar-refractivity contribution < 1.29 is 19.5 Å². The van der Waals surface area contributed by atoms with Gasteiger partial charge in [-0.15, -0.1) is 0 Å². The van der Waals surface area contributed by atoms with E-state index in [2.05, 4.69) is 5.32 Å². The normalized spacial score (nSPS) is 12.0. The molecule has 3 aromatic rings. The molecule has 170 valence electrons. The average molecular weight is 444 g/mol. The van der Waals surface area contributed by atoms with E-state index in [1.165, 1.54) is 0 Å². The summed E-state index contributed by atoms with van der Waals surface area (Å²) in [6.07, 6.45) is 0.563. The number of hydrogen-bond acceptors (Lipinski definition) is 3. The summed E-state index contributed by atoms with van der Waals surface area (Å²) in [6.45, 7) is 1.74. The summed E-state index contributed by atoms with van der Waals surface area (Å²) in [5.74, 6) is -1.55. The van der Waals surface area contributed by atoms with Crippen LogP contribution in [0.5, 0.6) is 0 Å². The number of hydrogen-bond donors (Lipinski definition) is 2. The number of nitrogens with one attached hydrogen (secondary N) is 1. The molecule has 1 atom stereocenters. The number of ketones is 1. The van der Waals surface area contributed by atoms with Gasteiger partial charge in [-0.25, -0.2) is 4.79 Å². The molecule has 0 aliphatic rings. The molecule has 0 spiro atoms. The Labute approximate surface area is 194 Å². The maximum Gasteiger partial charge on any atom is 0.326 e. The lowest BCUT2D eigenvalue weighted by Crippen LogP contribution is -2.44. The lowest BCUT2D eigenvalue weighted by molar-refractivity contribution is -0.142. The Morgan fingerprint density at radius 3 is 1.58 bits per heavy atom. The largest absolute Gasteiger partial charge is 0.480 e. The van der Waals surface area contributed by atoms with Gasteiger partial charge in [0.15, 0.2) is 0 Å². The third-order valence-corrected chi connectivity index (χ3v) is 5.96. The van der Waals surface area contributed by atoms with E-state index in [4.69, 9.17) is 0 Å². The highest BCUT2D eigenvalue weighted by Crippen LogP contribution is 2.42. The van der Waals surface area contributed by atoms with E-state index in [-0.39, 0.29) is 31.0 Å². The van der Waals surface area contributed by atoms with Crippen molar-refractivity contribution in [2.75, 3.05) is 0 Å². The molecule has 0 heterocycles. The minimum atomic E-state index is -1.14. The van der Waals surface area contributed by atoms with E-state index >= 15 is 0 Å². The maximum atomic E-state index is 13.3. The van der Waals surface area contributed by atoms with Gasteiger partial charge in [-0.3, -0.25) is 9.59 Å². The monoisotopic (exact) mass is 443 g/mol. The summed E-state index contributed by atoms with van der Waals surface area (Å²) in [6, 6.07) is 28.2. The average Bonchev–Trinajstić information content (AvgIpc) is 2.86. The summed E-state index contributed by atoms with van der Waals surface area (Å²) >= 11 is 0. The van der Waals surface area contributed by atoms with Gasteiger partial charge in [0.05, 0.1) is 5.41 Å². The van der Waals surface area contributed by atoms with Crippen molar-refractivity contribution in [1.82, 2.24) is 5.32 Å². The first-order valence-corrected chi connectivity index (χ1v) is 11.2. The van der Waals surface area contributed by atoms with E-state index in [1.54, 1.807) is 6.92 Å². The van der Waals surface area contributed by atoms with E-state index in [0.29, 0.717) is 6.42 Å². The van der Waals surface area contributed by atoms with Crippen molar-refractivity contribution >= 4 is 17.7 Å². The summed E-state index contributed by atoms with van der Waals surface area (Å²) in [7, 11) is 0. The zero-order valence-corrected chi connectivity index (χ0v) is 18.7. The second-order valence-corrected chi connectivity index (χ2v) is 8.07. The van der Waals surface area contributed by atoms with E-state index < -0.39 is 17.4 Å². The quantitative estimate of drug-likeness (QED) is 0.419. The van der Waals surface area contributed by atoms with Crippen molar-refractivity contribution in [2.45, 2.75) is 44.1 Å². The number of aliphatic carboxylic acids is 1. The molecule has 0 aliphatic heterocycles. The van der Waals surface area contributed by atoms with Crippen LogP contribution in [0.3, 0.4) is 0 Å². The molecule has 0 aromatic heterocycles. The van der Waals surface area contributed by atoms with Gasteiger partial charge in [0.2, 0.25) is 5.91 Å². The summed E-state index contributed by atoms with van der Waals surface area (Å²) < 4.78 is 0. The number of Topliss-reactive ketones (excluding diaryl/α,β-unsaturated/α-hetero) is 1. The molecule has 0 bridgehead atoms. The van der Waals surface area contributed by atoms with Gasteiger partial charge >= 0.3 is 5.97 Å². The summed E-state index contributed by atoms with van der Waals surface area (Å²) in [5.41, 5.74) is 2.00. The van der Waals surface area contributed by atoms with Crippen LogP contribution >= 0.6 is 0 Å². The number of rotatable bonds is 11. The predicted molar refractivity (Wildman–Crippen MR) is 128 cm³/mol. The second-order valence-electron chi connectivity index (χ2n) is 8.07. The van der Waals surface area contributed by atoms with Crippen molar-refractivity contribution in [3.63, 3.8) is 0 Å². The van der Waals surface area contributed by atoms with Crippen molar-refractivity contribution in [3.8, 4) is 0 Å². The highest BCUT2D eigenvalue weighted by atomic mass is 16.4. The molecule has 0 aliphatic carbocycles. The van der Waals surface area contributed by atoms with Crippen molar-refractivity contribution in [1.29, 1.82) is 0 Å². The van der Waals surface area contributed by atoms with Gasteiger partial charge in [-0.2, -0.15) is 0 Å². The topological polar surface area (TPSA) is 83.5 Å². The minimum absolute atomic E-state index is 0.0243. The first-order chi connectivity index (χ1) is 16.0. The fourth-order valence-electron chi connectivity index (χ4n) is 4.20. The maximum absolute atomic E-state index is 13.3. The number of carbonyl (C=O) groups is 3. The molecule has 5 heteroatoms. The molecule has 0 saturated carbocycles. The second kappa shape index (κ2) is 11.2. The van der Waals surface area contributed by atoms with Crippen LogP contribution in [0.15, 0.2) is 91.0 Å². The fourth-order valence-corrected chi connectivity index (χ4v) is 4.20. The lowest BCUT2D eigenvalue weighted by Gasteiger charge is -2.36. The molecule has 0 radical (unpaired) electrons. The molecule has 3 rings (SSSR count). The number of carbonyl (C=O) groups excluding carboxylic acids is 2. The van der Waals surface area contributed by atoms with Crippen LogP contribution < -0.4 is 5.32 Å². The third kappa shape index (κ3) is 5.75. The van der Waals surface area contributed by atoms with Gasteiger partial charge in [0.1, 0.15) is 11.8 Å². The van der Waals surface area contributed by atoms with Crippen LogP contribution in [0.1, 0.15) is 49.3 Å². The Hall–Kier alpha value is -3.73. The molecule has 0 fully saturated rings. The molecular weight excluding hydrogens is 414 g/mol. The smallest absolute Gasteiger partial charge is 0.326 e. The highest BCUT2D eigenvalue weighted by Gasteiger charge is 2.39. The molecule has 2 N–H and O–H groups in total. The van der Waals surface area contributed by atoms with Crippen molar-refractivity contribution in [2.24, 2.45) is 0 Å². The predicted octanol–water partition coefficient (Wildman–Crippen LogP) is 4.74. The SMILES string of the molecule is CCC(=O)CC[C@H](NC(=O)CC(c1ccccc1)(c1ccccc1)c1ccccc1)C(=O)O. The van der Waals surface area contributed by atoms with Crippen LogP contribution in [0.2, 0.25) is 0 Å². The zero-order valence-electron chi connectivity index (χ0n) is 18.7. The number of benzene rings is 3. The van der Waals surface area contributed by atoms with Gasteiger partial charge in [0.25, 0.3) is 0 Å². The van der Waals surface area contributed by atoms with E-state index in [1.807, 2.05) is 91.0 Å². The first kappa shape index (κ1) is 23.9. The van der Waals surface area contributed by atoms with Crippen molar-refractivity contribution in [3.05, 3.63) is 108 Å². The lowest BCUT2D eigenvalue weighted by atomic mass is 9.67. The standard InChI is InChI=1S/C28H29NO4/c1-2-24(30)18-19-25(27(32)33)29-26(31)20-28(21-12-6-3-7-13-21,22-14-8-4-9-15-22)23-16-10-5-11-17-23/h3-17,25H,2,18-20H2,1H3,(H,29,31)(H,32,33)/t25-/m0/s1. The van der Waals surface area contributed by atoms with Crippen LogP contribution in [0.4, 0.5) is 0 Å². The molecule has 0 unspecified atom stereocenters. The Bertz CT molecular complexity index is 968. The highest BCUT2D eigenvalue weighted by molar-refractivity contribution is 5.86. The van der Waals surface area contributed by atoms with E-state index in [0.717, 1.165) is 16.7 Å². The molecule has 1 amide bonds. The number of amides is 1. The Balaban J connectivity index is 2.02. The van der Waals surface area contributed by atoms with Gasteiger partial charge in [-0.1, -0.05) is 97.9 Å². The zero-order chi connectivity index (χ0) is 23.7. The summed E-state index contributed by atoms with van der Waals surface area (Å²) in [5, 5.41) is 12.3. The first-order valence-electron chi connectivity index (χ1n) is 11.2. The van der Waals surface area contributed by atoms with Gasteiger partial charge < -0.3 is 10.4 Å². The minimum Gasteiger partial charge on any atom is -0.480 e. The Morgan fingerprint density at radius 1 is 0.788 bits per heavy atom. The van der Waals surface area contributed by atoms with E-state index in [9.17, 15) is 19.5 Å².